The summed E-state index contributed by atoms with van der Waals surface area (Å²) in [4.78, 5) is 9.93. The topological polar surface area (TPSA) is 24.7 Å². The molecule has 0 unspecified atom stereocenters. The summed E-state index contributed by atoms with van der Waals surface area (Å²) < 4.78 is 0. The molecule has 2 nitrogen and oxygen atoms in total. The van der Waals surface area contributed by atoms with Gasteiger partial charge in [-0.25, -0.2) is 0 Å². The minimum absolute atomic E-state index is 0. The van der Waals surface area contributed by atoms with Crippen LogP contribution in [0.4, 0.5) is 11.4 Å². The van der Waals surface area contributed by atoms with Crippen molar-refractivity contribution in [3.05, 3.63) is 84.0 Å². The molecule has 0 aliphatic carbocycles. The van der Waals surface area contributed by atoms with Gasteiger partial charge < -0.3 is 0 Å². The standard InChI is InChI=1S/C69H118N2.Ni/c1-4-6-8-10-12-14-16-18-20-22-24-26-28-30-32-34-36-38-40-42-44-46-48-50-52-58-66-60-54-56-62-68(66)70-64-65(3)71-69-63-57-55-61-67(69)59-53-51-49-47-45-43-41-39-37-35-33-31-29-27-25-23-21-19-17-15-13-11-9-7-5-2;/h48-51,54-57,60-64H,4-47,52-53,58-59H2,1-3H3;. The Balaban J connectivity index is 0.0000259. The van der Waals surface area contributed by atoms with Crippen LogP contribution in [0.25, 0.3) is 0 Å². The van der Waals surface area contributed by atoms with Crippen LogP contribution < -0.4 is 0 Å². The molecule has 0 radical (unpaired) electrons. The van der Waals surface area contributed by atoms with Crippen LogP contribution in [0.2, 0.25) is 0 Å². The largest absolute Gasteiger partial charge is 0.255 e. The summed E-state index contributed by atoms with van der Waals surface area (Å²) >= 11 is 0. The molecule has 0 aliphatic rings. The molecule has 0 N–H and O–H groups in total. The molecule has 0 bridgehead atoms. The van der Waals surface area contributed by atoms with Crippen molar-refractivity contribution in [3.63, 3.8) is 0 Å². The molecular formula is C69H118N2Ni. The third kappa shape index (κ3) is 44.1. The second kappa shape index (κ2) is 55.0. The maximum Gasteiger partial charge on any atom is 0.0665 e. The maximum atomic E-state index is 5.01. The van der Waals surface area contributed by atoms with Crippen LogP contribution in [0.1, 0.15) is 327 Å². The Kier molecular flexibility index (Phi) is 51.8. The first kappa shape index (κ1) is 67.8. The Labute approximate surface area is 460 Å². The number of hydrogen-bond donors (Lipinski definition) is 0. The summed E-state index contributed by atoms with van der Waals surface area (Å²) in [6, 6.07) is 17.3. The normalized spacial score (nSPS) is 12.1. The fraction of sp³-hybridized carbons (Fsp3) is 0.739. The van der Waals surface area contributed by atoms with Crippen molar-refractivity contribution in [2.45, 2.75) is 329 Å². The van der Waals surface area contributed by atoms with Gasteiger partial charge in [-0.2, -0.15) is 0 Å². The average molecular weight is 1030 g/mol. The molecule has 72 heavy (non-hydrogen) atoms. The third-order valence-electron chi connectivity index (χ3n) is 15.1. The predicted octanol–water partition coefficient (Wildman–Crippen LogP) is 24.4. The van der Waals surface area contributed by atoms with E-state index in [-0.39, 0.29) is 16.5 Å². The molecule has 0 aliphatic heterocycles. The van der Waals surface area contributed by atoms with Crippen molar-refractivity contribution in [2.75, 3.05) is 0 Å². The fourth-order valence-electron chi connectivity index (χ4n) is 10.4. The second-order valence-electron chi connectivity index (χ2n) is 22.0. The fourth-order valence-corrected chi connectivity index (χ4v) is 10.4. The van der Waals surface area contributed by atoms with Crippen LogP contribution in [0.5, 0.6) is 0 Å². The van der Waals surface area contributed by atoms with Gasteiger partial charge in [-0.15, -0.1) is 0 Å². The molecule has 2 aromatic carbocycles. The van der Waals surface area contributed by atoms with Crippen molar-refractivity contribution in [3.8, 4) is 0 Å². The molecule has 0 aromatic heterocycles. The Hall–Kier alpha value is -2.25. The van der Waals surface area contributed by atoms with E-state index in [2.05, 4.69) is 93.6 Å². The van der Waals surface area contributed by atoms with Crippen LogP contribution in [-0.4, -0.2) is 11.9 Å². The van der Waals surface area contributed by atoms with Crippen LogP contribution in [0.15, 0.2) is 82.8 Å². The van der Waals surface area contributed by atoms with Gasteiger partial charge in [-0.1, -0.05) is 331 Å². The van der Waals surface area contributed by atoms with E-state index in [1.54, 1.807) is 0 Å². The maximum absolute atomic E-state index is 5.01. The Morgan fingerprint density at radius 2 is 0.569 bits per heavy atom. The van der Waals surface area contributed by atoms with E-state index in [0.29, 0.717) is 0 Å². The summed E-state index contributed by atoms with van der Waals surface area (Å²) in [6.07, 6.45) is 78.7. The Bertz CT molecular complexity index is 1540. The van der Waals surface area contributed by atoms with Gasteiger partial charge in [0.05, 0.1) is 17.1 Å². The number of hydrogen-bond acceptors (Lipinski definition) is 2. The van der Waals surface area contributed by atoms with Gasteiger partial charge >= 0.3 is 0 Å². The molecule has 0 atom stereocenters. The van der Waals surface area contributed by atoms with Crippen molar-refractivity contribution in [1.29, 1.82) is 0 Å². The van der Waals surface area contributed by atoms with Crippen molar-refractivity contribution in [2.24, 2.45) is 9.98 Å². The Morgan fingerprint density at radius 1 is 0.319 bits per heavy atom. The van der Waals surface area contributed by atoms with E-state index in [1.807, 2.05) is 6.21 Å². The number of nitrogens with zero attached hydrogens (tertiary/aromatic N) is 2. The number of unbranched alkanes of at least 4 members (excludes halogenated alkanes) is 42. The summed E-state index contributed by atoms with van der Waals surface area (Å²) in [6.45, 7) is 6.69. The quantitative estimate of drug-likeness (QED) is 0.0273. The van der Waals surface area contributed by atoms with E-state index in [1.165, 1.54) is 294 Å². The van der Waals surface area contributed by atoms with E-state index >= 15 is 0 Å². The summed E-state index contributed by atoms with van der Waals surface area (Å²) in [5.41, 5.74) is 5.71. The SMILES string of the molecule is CCCCCCCCCCCCCCCCCCCCCCCC=CCCc1ccccc1N=CC(C)=Nc1ccccc1CCC=CCCCCCCCCCCCCCCCCCCCCCCC.[Ni]. The number of allylic oxidation sites excluding steroid dienone is 4. The minimum Gasteiger partial charge on any atom is -0.255 e. The van der Waals surface area contributed by atoms with Crippen molar-refractivity contribution >= 4 is 23.3 Å². The number of aliphatic imine (C=N–C) groups is 2. The van der Waals surface area contributed by atoms with Crippen molar-refractivity contribution in [1.82, 2.24) is 0 Å². The molecule has 0 heterocycles. The molecule has 414 valence electrons. The number of aryl methyl sites for hydroxylation is 2. The van der Waals surface area contributed by atoms with Gasteiger partial charge in [0.2, 0.25) is 0 Å². The summed E-state index contributed by atoms with van der Waals surface area (Å²) in [5, 5.41) is 0. The van der Waals surface area contributed by atoms with Gasteiger partial charge in [0.1, 0.15) is 0 Å². The third-order valence-corrected chi connectivity index (χ3v) is 15.1. The van der Waals surface area contributed by atoms with Gasteiger partial charge in [0, 0.05) is 22.7 Å². The molecule has 0 fully saturated rings. The first-order chi connectivity index (χ1) is 35.2. The molecule has 2 aromatic rings. The van der Waals surface area contributed by atoms with E-state index in [4.69, 9.17) is 9.98 Å². The smallest absolute Gasteiger partial charge is 0.0665 e. The molecular weight excluding hydrogens is 915 g/mol. The second-order valence-corrected chi connectivity index (χ2v) is 22.0. The van der Waals surface area contributed by atoms with Crippen LogP contribution >= 0.6 is 0 Å². The van der Waals surface area contributed by atoms with Crippen LogP contribution in [0, 0.1) is 0 Å². The first-order valence-corrected chi connectivity index (χ1v) is 31.8. The summed E-state index contributed by atoms with van der Waals surface area (Å²) in [5.74, 6) is 0. The van der Waals surface area contributed by atoms with Gasteiger partial charge in [-0.05, 0) is 81.5 Å². The van der Waals surface area contributed by atoms with Crippen LogP contribution in [-0.2, 0) is 29.3 Å². The number of para-hydroxylation sites is 2. The van der Waals surface area contributed by atoms with E-state index in [9.17, 15) is 0 Å². The minimum atomic E-state index is 0. The van der Waals surface area contributed by atoms with Crippen LogP contribution in [0.3, 0.4) is 0 Å². The molecule has 0 spiro atoms. The molecule has 0 saturated heterocycles. The average Bonchev–Trinajstić information content (AvgIpc) is 3.38. The zero-order valence-corrected chi connectivity index (χ0v) is 49.1. The molecule has 0 saturated carbocycles. The molecule has 0 amide bonds. The Morgan fingerprint density at radius 3 is 0.889 bits per heavy atom. The number of rotatable bonds is 53. The van der Waals surface area contributed by atoms with E-state index < -0.39 is 0 Å². The van der Waals surface area contributed by atoms with Crippen molar-refractivity contribution < 1.29 is 16.5 Å². The summed E-state index contributed by atoms with van der Waals surface area (Å²) in [7, 11) is 0. The van der Waals surface area contributed by atoms with Gasteiger partial charge in [0.25, 0.3) is 0 Å². The zero-order valence-electron chi connectivity index (χ0n) is 48.2. The van der Waals surface area contributed by atoms with E-state index in [0.717, 1.165) is 42.8 Å². The predicted molar refractivity (Wildman–Crippen MR) is 323 cm³/mol. The zero-order chi connectivity index (χ0) is 50.4. The first-order valence-electron chi connectivity index (χ1n) is 31.8. The van der Waals surface area contributed by atoms with Gasteiger partial charge in [-0.3, -0.25) is 9.98 Å². The number of benzene rings is 2. The molecule has 3 heteroatoms. The molecule has 2 rings (SSSR count). The monoisotopic (exact) mass is 1030 g/mol. The van der Waals surface area contributed by atoms with Gasteiger partial charge in [0.15, 0.2) is 0 Å².